The lowest BCUT2D eigenvalue weighted by molar-refractivity contribution is 0.0601. The van der Waals surface area contributed by atoms with Crippen LogP contribution in [0.15, 0.2) is 47.6 Å². The molecule has 0 heterocycles. The zero-order valence-corrected chi connectivity index (χ0v) is 13.3. The number of oxime groups is 1. The summed E-state index contributed by atoms with van der Waals surface area (Å²) in [6.45, 7) is 0.243. The van der Waals surface area contributed by atoms with Crippen LogP contribution in [0.2, 0.25) is 10.0 Å². The molecule has 0 aliphatic rings. The number of hydrogen-bond acceptors (Lipinski definition) is 4. The van der Waals surface area contributed by atoms with E-state index in [-0.39, 0.29) is 12.6 Å². The second-order valence-corrected chi connectivity index (χ2v) is 5.20. The summed E-state index contributed by atoms with van der Waals surface area (Å²) in [5.74, 6) is -0.378. The molecule has 2 aromatic carbocycles. The number of rotatable bonds is 5. The molecule has 0 unspecified atom stereocenters. The number of methoxy groups -OCH3 is 1. The molecule has 0 atom stereocenters. The van der Waals surface area contributed by atoms with Crippen molar-refractivity contribution in [3.05, 3.63) is 69.2 Å². The lowest BCUT2D eigenvalue weighted by Crippen LogP contribution is -2.00. The Kier molecular flexibility index (Phi) is 5.81. The van der Waals surface area contributed by atoms with Gasteiger partial charge in [-0.3, -0.25) is 0 Å². The van der Waals surface area contributed by atoms with E-state index in [0.717, 1.165) is 11.1 Å². The highest BCUT2D eigenvalue weighted by molar-refractivity contribution is 6.35. The third-order valence-corrected chi connectivity index (χ3v) is 3.43. The van der Waals surface area contributed by atoms with E-state index in [4.69, 9.17) is 28.0 Å². The van der Waals surface area contributed by atoms with E-state index in [1.54, 1.807) is 48.7 Å². The number of benzene rings is 2. The van der Waals surface area contributed by atoms with Gasteiger partial charge in [0.2, 0.25) is 0 Å². The summed E-state index contributed by atoms with van der Waals surface area (Å²) in [4.78, 5) is 16.5. The van der Waals surface area contributed by atoms with Gasteiger partial charge in [-0.05, 0) is 29.8 Å². The zero-order valence-electron chi connectivity index (χ0n) is 11.8. The number of carbonyl (C=O) groups excluding carboxylic acids is 1. The average Bonchev–Trinajstić information content (AvgIpc) is 2.53. The molecule has 0 amide bonds. The first-order valence-electron chi connectivity index (χ1n) is 6.38. The van der Waals surface area contributed by atoms with E-state index < -0.39 is 0 Å². The van der Waals surface area contributed by atoms with Gasteiger partial charge in [0.15, 0.2) is 0 Å². The molecule has 0 saturated carbocycles. The molecule has 4 nitrogen and oxygen atoms in total. The maximum atomic E-state index is 11.3. The monoisotopic (exact) mass is 337 g/mol. The molecule has 2 aromatic rings. The smallest absolute Gasteiger partial charge is 0.337 e. The highest BCUT2D eigenvalue weighted by atomic mass is 35.5. The second-order valence-electron chi connectivity index (χ2n) is 4.36. The molecular formula is C16H13Cl2NO3. The Morgan fingerprint density at radius 1 is 1.18 bits per heavy atom. The Hall–Kier alpha value is -2.04. The van der Waals surface area contributed by atoms with E-state index in [9.17, 15) is 4.79 Å². The standard InChI is InChI=1S/C16H13Cl2NO3/c1-21-16(20)12-4-2-11(3-5-12)9-19-22-10-13-6-7-14(17)8-15(13)18/h2-9H,10H2,1H3/b19-9-. The molecule has 0 aliphatic carbocycles. The van der Waals surface area contributed by atoms with Gasteiger partial charge in [-0.25, -0.2) is 4.79 Å². The topological polar surface area (TPSA) is 47.9 Å². The predicted octanol–water partition coefficient (Wildman–Crippen LogP) is 4.33. The van der Waals surface area contributed by atoms with Crippen molar-refractivity contribution >= 4 is 35.4 Å². The summed E-state index contributed by atoms with van der Waals surface area (Å²) in [7, 11) is 1.34. The molecule has 0 aromatic heterocycles. The molecule has 22 heavy (non-hydrogen) atoms. The van der Waals surface area contributed by atoms with Crippen LogP contribution in [0.1, 0.15) is 21.5 Å². The van der Waals surface area contributed by atoms with Gasteiger partial charge in [-0.2, -0.15) is 0 Å². The average molecular weight is 338 g/mol. The molecule has 0 aliphatic heterocycles. The lowest BCUT2D eigenvalue weighted by atomic mass is 10.1. The summed E-state index contributed by atoms with van der Waals surface area (Å²) in [6, 6.07) is 12.0. The summed E-state index contributed by atoms with van der Waals surface area (Å²) in [5, 5.41) is 4.97. The third kappa shape index (κ3) is 4.48. The number of ether oxygens (including phenoxy) is 1. The van der Waals surface area contributed by atoms with Gasteiger partial charge >= 0.3 is 5.97 Å². The molecule has 0 saturated heterocycles. The van der Waals surface area contributed by atoms with Crippen LogP contribution in [-0.4, -0.2) is 19.3 Å². The Balaban J connectivity index is 1.91. The van der Waals surface area contributed by atoms with Gasteiger partial charge in [0.05, 0.1) is 18.9 Å². The van der Waals surface area contributed by atoms with Crippen molar-refractivity contribution in [3.8, 4) is 0 Å². The van der Waals surface area contributed by atoms with Gasteiger partial charge in [0.25, 0.3) is 0 Å². The Morgan fingerprint density at radius 3 is 2.55 bits per heavy atom. The fraction of sp³-hybridized carbons (Fsp3) is 0.125. The van der Waals surface area contributed by atoms with Crippen LogP contribution in [0.3, 0.4) is 0 Å². The largest absolute Gasteiger partial charge is 0.465 e. The fourth-order valence-corrected chi connectivity index (χ4v) is 2.13. The second kappa shape index (κ2) is 7.82. The van der Waals surface area contributed by atoms with Crippen LogP contribution in [0.4, 0.5) is 0 Å². The van der Waals surface area contributed by atoms with Gasteiger partial charge in [-0.15, -0.1) is 0 Å². The van der Waals surface area contributed by atoms with Crippen molar-refractivity contribution in [2.45, 2.75) is 6.61 Å². The maximum Gasteiger partial charge on any atom is 0.337 e. The highest BCUT2D eigenvalue weighted by Crippen LogP contribution is 2.21. The number of esters is 1. The quantitative estimate of drug-likeness (QED) is 0.463. The van der Waals surface area contributed by atoms with E-state index in [1.165, 1.54) is 7.11 Å². The van der Waals surface area contributed by atoms with Gasteiger partial charge in [-0.1, -0.05) is 46.6 Å². The van der Waals surface area contributed by atoms with Crippen LogP contribution in [-0.2, 0) is 16.2 Å². The van der Waals surface area contributed by atoms with E-state index in [1.807, 2.05) is 0 Å². The SMILES string of the molecule is COC(=O)c1ccc(/C=N\OCc2ccc(Cl)cc2Cl)cc1. The van der Waals surface area contributed by atoms with Crippen molar-refractivity contribution in [1.82, 2.24) is 0 Å². The lowest BCUT2D eigenvalue weighted by Gasteiger charge is -2.03. The first-order valence-corrected chi connectivity index (χ1v) is 7.13. The molecule has 6 heteroatoms. The number of halogens is 2. The molecule has 0 radical (unpaired) electrons. The Morgan fingerprint density at radius 2 is 1.91 bits per heavy atom. The van der Waals surface area contributed by atoms with Gasteiger partial charge in [0, 0.05) is 15.6 Å². The number of carbonyl (C=O) groups is 1. The van der Waals surface area contributed by atoms with Gasteiger partial charge in [0.1, 0.15) is 6.61 Å². The normalized spacial score (nSPS) is 10.7. The predicted molar refractivity (Wildman–Crippen MR) is 86.6 cm³/mol. The maximum absolute atomic E-state index is 11.3. The van der Waals surface area contributed by atoms with Gasteiger partial charge < -0.3 is 9.57 Å². The van der Waals surface area contributed by atoms with Crippen molar-refractivity contribution in [3.63, 3.8) is 0 Å². The van der Waals surface area contributed by atoms with E-state index >= 15 is 0 Å². The van der Waals surface area contributed by atoms with E-state index in [2.05, 4.69) is 9.89 Å². The van der Waals surface area contributed by atoms with Crippen LogP contribution in [0.25, 0.3) is 0 Å². The minimum Gasteiger partial charge on any atom is -0.465 e. The Bertz CT molecular complexity index is 684. The van der Waals surface area contributed by atoms with Crippen LogP contribution in [0, 0.1) is 0 Å². The summed E-state index contributed by atoms with van der Waals surface area (Å²) in [6.07, 6.45) is 1.55. The first-order chi connectivity index (χ1) is 10.6. The number of nitrogens with zero attached hydrogens (tertiary/aromatic N) is 1. The van der Waals surface area contributed by atoms with E-state index in [0.29, 0.717) is 15.6 Å². The minimum absolute atomic E-state index is 0.243. The molecule has 2 rings (SSSR count). The van der Waals surface area contributed by atoms with Crippen molar-refractivity contribution in [2.75, 3.05) is 7.11 Å². The summed E-state index contributed by atoms with van der Waals surface area (Å²) >= 11 is 11.8. The zero-order chi connectivity index (χ0) is 15.9. The minimum atomic E-state index is -0.378. The van der Waals surface area contributed by atoms with Crippen LogP contribution < -0.4 is 0 Å². The summed E-state index contributed by atoms with van der Waals surface area (Å²) in [5.41, 5.74) is 2.08. The molecule has 114 valence electrons. The van der Waals surface area contributed by atoms with Crippen LogP contribution in [0.5, 0.6) is 0 Å². The van der Waals surface area contributed by atoms with Crippen molar-refractivity contribution in [2.24, 2.45) is 5.16 Å². The fourth-order valence-electron chi connectivity index (χ4n) is 1.67. The molecular weight excluding hydrogens is 325 g/mol. The van der Waals surface area contributed by atoms with Crippen molar-refractivity contribution in [1.29, 1.82) is 0 Å². The molecule has 0 bridgehead atoms. The first kappa shape index (κ1) is 16.3. The highest BCUT2D eigenvalue weighted by Gasteiger charge is 2.03. The molecule has 0 N–H and O–H groups in total. The molecule has 0 fully saturated rings. The van der Waals surface area contributed by atoms with Crippen LogP contribution >= 0.6 is 23.2 Å². The summed E-state index contributed by atoms with van der Waals surface area (Å²) < 4.78 is 4.62. The van der Waals surface area contributed by atoms with Crippen molar-refractivity contribution < 1.29 is 14.4 Å². The Labute approximate surface area is 138 Å². The molecule has 0 spiro atoms. The third-order valence-electron chi connectivity index (χ3n) is 2.84. The number of hydrogen-bond donors (Lipinski definition) is 0.